The largest absolute Gasteiger partial charge is 0.370 e. The summed E-state index contributed by atoms with van der Waals surface area (Å²) >= 11 is 0. The van der Waals surface area contributed by atoms with E-state index in [1.807, 2.05) is 6.08 Å². The Morgan fingerprint density at radius 2 is 2.07 bits per heavy atom. The number of aliphatic hydroxyl groups is 1. The lowest BCUT2D eigenvalue weighted by molar-refractivity contribution is 0.201. The lowest BCUT2D eigenvalue weighted by Gasteiger charge is -2.06. The van der Waals surface area contributed by atoms with Crippen LogP contribution in [0.1, 0.15) is 7.43 Å². The van der Waals surface area contributed by atoms with Crippen molar-refractivity contribution in [1.29, 1.82) is 0 Å². The number of pyridine rings is 1. The predicted molar refractivity (Wildman–Crippen MR) is 61.2 cm³/mol. The zero-order valence-corrected chi connectivity index (χ0v) is 7.55. The standard InChI is InChI=1S/C5H7NO.C5H5NO.CH4/c2*7-5-3-1-2-4-6-5;/h1-7H;1-4H,(H,6,7);1H4. The first-order chi connectivity index (χ1) is 6.79. The van der Waals surface area contributed by atoms with Gasteiger partial charge in [0, 0.05) is 12.3 Å². The second-order valence-corrected chi connectivity index (χ2v) is 2.58. The van der Waals surface area contributed by atoms with Crippen molar-refractivity contribution >= 4 is 0 Å². The molecular weight excluding hydrogens is 192 g/mol. The SMILES string of the molecule is C.O=c1cccc[nH]1.OC1C=CC=CN1. The van der Waals surface area contributed by atoms with Crippen LogP contribution < -0.4 is 10.9 Å². The first-order valence-corrected chi connectivity index (χ1v) is 4.20. The van der Waals surface area contributed by atoms with Crippen LogP contribution in [0.4, 0.5) is 0 Å². The summed E-state index contributed by atoms with van der Waals surface area (Å²) in [5.74, 6) is 0. The Kier molecular flexibility index (Phi) is 6.67. The number of aromatic nitrogens is 1. The van der Waals surface area contributed by atoms with Crippen LogP contribution in [0.15, 0.2) is 53.6 Å². The van der Waals surface area contributed by atoms with Gasteiger partial charge in [-0.1, -0.05) is 19.6 Å². The molecule has 0 bridgehead atoms. The van der Waals surface area contributed by atoms with Crippen LogP contribution >= 0.6 is 0 Å². The minimum absolute atomic E-state index is 0. The van der Waals surface area contributed by atoms with Crippen LogP contribution in [0.3, 0.4) is 0 Å². The van der Waals surface area contributed by atoms with Gasteiger partial charge in [0.1, 0.15) is 6.23 Å². The Bertz CT molecular complexity index is 351. The first-order valence-electron chi connectivity index (χ1n) is 4.20. The molecule has 1 unspecified atom stereocenters. The summed E-state index contributed by atoms with van der Waals surface area (Å²) in [6, 6.07) is 4.93. The van der Waals surface area contributed by atoms with E-state index >= 15 is 0 Å². The number of hydrogen-bond donors (Lipinski definition) is 3. The molecule has 0 aromatic carbocycles. The van der Waals surface area contributed by atoms with E-state index in [4.69, 9.17) is 5.11 Å². The monoisotopic (exact) mass is 208 g/mol. The molecule has 2 heterocycles. The Morgan fingerprint density at radius 1 is 1.27 bits per heavy atom. The molecule has 2 rings (SSSR count). The van der Waals surface area contributed by atoms with Crippen LogP contribution in [-0.2, 0) is 0 Å². The highest BCUT2D eigenvalue weighted by atomic mass is 16.3. The van der Waals surface area contributed by atoms with E-state index in [1.54, 1.807) is 36.7 Å². The number of hydrogen-bond acceptors (Lipinski definition) is 3. The van der Waals surface area contributed by atoms with Gasteiger partial charge < -0.3 is 15.4 Å². The Hall–Kier alpha value is -1.81. The Labute approximate surface area is 89.0 Å². The first kappa shape index (κ1) is 13.2. The van der Waals surface area contributed by atoms with E-state index in [9.17, 15) is 4.79 Å². The molecule has 4 heteroatoms. The van der Waals surface area contributed by atoms with E-state index in [0.29, 0.717) is 0 Å². The van der Waals surface area contributed by atoms with Crippen molar-refractivity contribution in [3.05, 3.63) is 59.2 Å². The van der Waals surface area contributed by atoms with Gasteiger partial charge in [0.05, 0.1) is 0 Å². The molecule has 4 nitrogen and oxygen atoms in total. The minimum atomic E-state index is -0.481. The molecule has 1 aliphatic heterocycles. The highest BCUT2D eigenvalue weighted by Crippen LogP contribution is 1.87. The molecule has 0 saturated heterocycles. The van der Waals surface area contributed by atoms with E-state index in [2.05, 4.69) is 10.3 Å². The van der Waals surface area contributed by atoms with Crippen molar-refractivity contribution in [2.24, 2.45) is 0 Å². The van der Waals surface area contributed by atoms with Crippen molar-refractivity contribution in [2.75, 3.05) is 0 Å². The van der Waals surface area contributed by atoms with Gasteiger partial charge in [-0.25, -0.2) is 0 Å². The lowest BCUT2D eigenvalue weighted by atomic mass is 10.4. The van der Waals surface area contributed by atoms with Crippen LogP contribution in [0.25, 0.3) is 0 Å². The fourth-order valence-electron chi connectivity index (χ4n) is 0.812. The number of dihydropyridines is 1. The normalized spacial score (nSPS) is 16.7. The zero-order valence-electron chi connectivity index (χ0n) is 7.55. The van der Waals surface area contributed by atoms with Gasteiger partial charge in [-0.2, -0.15) is 0 Å². The summed E-state index contributed by atoms with van der Waals surface area (Å²) in [6.07, 6.45) is 8.10. The van der Waals surface area contributed by atoms with Gasteiger partial charge in [0.15, 0.2) is 0 Å². The molecule has 3 N–H and O–H groups in total. The third-order valence-electron chi connectivity index (χ3n) is 1.45. The van der Waals surface area contributed by atoms with Crippen molar-refractivity contribution in [3.8, 4) is 0 Å². The van der Waals surface area contributed by atoms with Gasteiger partial charge >= 0.3 is 0 Å². The number of rotatable bonds is 0. The summed E-state index contributed by atoms with van der Waals surface area (Å²) in [4.78, 5) is 12.7. The second kappa shape index (κ2) is 7.58. The fourth-order valence-corrected chi connectivity index (χ4v) is 0.812. The molecule has 0 fully saturated rings. The molecule has 1 aromatic rings. The molecule has 0 aliphatic carbocycles. The fraction of sp³-hybridized carbons (Fsp3) is 0.182. The maximum Gasteiger partial charge on any atom is 0.247 e. The maximum absolute atomic E-state index is 10.2. The van der Waals surface area contributed by atoms with Gasteiger partial charge in [0.25, 0.3) is 0 Å². The number of aliphatic hydroxyl groups excluding tert-OH is 1. The van der Waals surface area contributed by atoms with E-state index in [-0.39, 0.29) is 13.0 Å². The molecule has 0 saturated carbocycles. The van der Waals surface area contributed by atoms with Crippen LogP contribution in [-0.4, -0.2) is 16.3 Å². The summed E-state index contributed by atoms with van der Waals surface area (Å²) in [5, 5.41) is 11.3. The summed E-state index contributed by atoms with van der Waals surface area (Å²) < 4.78 is 0. The average molecular weight is 208 g/mol. The summed E-state index contributed by atoms with van der Waals surface area (Å²) in [7, 11) is 0. The van der Waals surface area contributed by atoms with E-state index in [0.717, 1.165) is 0 Å². The molecule has 15 heavy (non-hydrogen) atoms. The summed E-state index contributed by atoms with van der Waals surface area (Å²) in [6.45, 7) is 0. The van der Waals surface area contributed by atoms with Crippen molar-refractivity contribution in [1.82, 2.24) is 10.3 Å². The van der Waals surface area contributed by atoms with Crippen molar-refractivity contribution in [3.63, 3.8) is 0 Å². The van der Waals surface area contributed by atoms with Crippen molar-refractivity contribution < 1.29 is 5.11 Å². The van der Waals surface area contributed by atoms with Crippen LogP contribution in [0.5, 0.6) is 0 Å². The molecule has 0 amide bonds. The van der Waals surface area contributed by atoms with Crippen LogP contribution in [0, 0.1) is 0 Å². The summed E-state index contributed by atoms with van der Waals surface area (Å²) in [5.41, 5.74) is -0.0532. The maximum atomic E-state index is 10.2. The molecule has 0 spiro atoms. The molecule has 1 aliphatic rings. The molecule has 1 atom stereocenters. The number of H-pyrrole nitrogens is 1. The smallest absolute Gasteiger partial charge is 0.247 e. The third kappa shape index (κ3) is 6.29. The molecule has 82 valence electrons. The van der Waals surface area contributed by atoms with Crippen LogP contribution in [0.2, 0.25) is 0 Å². The molecule has 0 radical (unpaired) electrons. The quantitative estimate of drug-likeness (QED) is 0.595. The number of allylic oxidation sites excluding steroid dienone is 2. The lowest BCUT2D eigenvalue weighted by Crippen LogP contribution is -2.21. The van der Waals surface area contributed by atoms with E-state index in [1.165, 1.54) is 6.07 Å². The highest BCUT2D eigenvalue weighted by Gasteiger charge is 1.92. The van der Waals surface area contributed by atoms with Gasteiger partial charge in [0.2, 0.25) is 5.56 Å². The zero-order chi connectivity index (χ0) is 10.2. The van der Waals surface area contributed by atoms with Gasteiger partial charge in [-0.3, -0.25) is 4.79 Å². The average Bonchev–Trinajstić information content (AvgIpc) is 2.21. The number of aromatic amines is 1. The predicted octanol–water partition coefficient (Wildman–Crippen LogP) is 0.989. The van der Waals surface area contributed by atoms with Gasteiger partial charge in [-0.15, -0.1) is 0 Å². The molecular formula is C11H16N2O2. The topological polar surface area (TPSA) is 65.1 Å². The highest BCUT2D eigenvalue weighted by molar-refractivity contribution is 5.08. The third-order valence-corrected chi connectivity index (χ3v) is 1.45. The second-order valence-electron chi connectivity index (χ2n) is 2.58. The minimum Gasteiger partial charge on any atom is -0.370 e. The Balaban J connectivity index is 0.000000245. The number of nitrogens with one attached hydrogen (secondary N) is 2. The van der Waals surface area contributed by atoms with Crippen molar-refractivity contribution in [2.45, 2.75) is 13.7 Å². The van der Waals surface area contributed by atoms with E-state index < -0.39 is 6.23 Å². The molecule has 1 aromatic heterocycles. The Morgan fingerprint density at radius 3 is 2.33 bits per heavy atom. The van der Waals surface area contributed by atoms with Gasteiger partial charge in [-0.05, 0) is 24.4 Å².